The first-order chi connectivity index (χ1) is 12.6. The summed E-state index contributed by atoms with van der Waals surface area (Å²) < 4.78 is 15.4. The Morgan fingerprint density at radius 2 is 1.96 bits per heavy atom. The number of hydrogen-bond acceptors (Lipinski definition) is 4. The van der Waals surface area contributed by atoms with Crippen molar-refractivity contribution in [3.8, 4) is 22.4 Å². The smallest absolute Gasteiger partial charge is 0.184 e. The van der Waals surface area contributed by atoms with Crippen LogP contribution in [0, 0.1) is 5.82 Å². The van der Waals surface area contributed by atoms with E-state index in [0.717, 1.165) is 33.7 Å². The summed E-state index contributed by atoms with van der Waals surface area (Å²) in [6, 6.07) is 12.0. The van der Waals surface area contributed by atoms with Gasteiger partial charge in [0, 0.05) is 35.8 Å². The highest BCUT2D eigenvalue weighted by molar-refractivity contribution is 6.16. The van der Waals surface area contributed by atoms with Crippen LogP contribution in [0.1, 0.15) is 15.9 Å². The molecule has 0 amide bonds. The second-order valence-electron chi connectivity index (χ2n) is 6.19. The van der Waals surface area contributed by atoms with Gasteiger partial charge in [0.2, 0.25) is 0 Å². The summed E-state index contributed by atoms with van der Waals surface area (Å²) in [5.41, 5.74) is 11.2. The Morgan fingerprint density at radius 1 is 1.12 bits per heavy atom. The minimum absolute atomic E-state index is 0.0136. The largest absolute Gasteiger partial charge is 0.325 e. The zero-order valence-electron chi connectivity index (χ0n) is 14.2. The van der Waals surface area contributed by atoms with Crippen LogP contribution in [0.2, 0.25) is 0 Å². The maximum absolute atomic E-state index is 13.7. The molecule has 0 radical (unpaired) electrons. The number of aliphatic imine (C=N–C) groups is 1. The predicted molar refractivity (Wildman–Crippen MR) is 98.8 cm³/mol. The molecule has 1 aliphatic rings. The molecule has 2 N–H and O–H groups in total. The van der Waals surface area contributed by atoms with E-state index in [2.05, 4.69) is 10.1 Å². The van der Waals surface area contributed by atoms with E-state index in [0.29, 0.717) is 5.56 Å². The zero-order valence-corrected chi connectivity index (χ0v) is 14.2. The van der Waals surface area contributed by atoms with Crippen LogP contribution in [-0.2, 0) is 7.05 Å². The van der Waals surface area contributed by atoms with Gasteiger partial charge in [0.15, 0.2) is 5.78 Å². The zero-order chi connectivity index (χ0) is 18.3. The molecule has 0 unspecified atom stereocenters. The highest BCUT2D eigenvalue weighted by Gasteiger charge is 2.21. The Kier molecular flexibility index (Phi) is 3.97. The summed E-state index contributed by atoms with van der Waals surface area (Å²) in [5.74, 6) is -0.316. The number of aromatic nitrogens is 2. The monoisotopic (exact) mass is 348 g/mol. The Hall–Kier alpha value is -3.12. The third kappa shape index (κ3) is 2.64. The van der Waals surface area contributed by atoms with Crippen LogP contribution in [0.4, 0.5) is 4.39 Å². The fraction of sp³-hybridized carbons (Fsp3) is 0.150. The molecular formula is C20H17FN4O. The topological polar surface area (TPSA) is 73.3 Å². The number of nitrogens with two attached hydrogens (primary N) is 1. The lowest BCUT2D eigenvalue weighted by Gasteiger charge is -2.16. The van der Waals surface area contributed by atoms with Gasteiger partial charge in [-0.25, -0.2) is 4.39 Å². The third-order valence-corrected chi connectivity index (χ3v) is 4.59. The van der Waals surface area contributed by atoms with Gasteiger partial charge in [0.25, 0.3) is 0 Å². The van der Waals surface area contributed by atoms with Gasteiger partial charge in [-0.2, -0.15) is 5.10 Å². The van der Waals surface area contributed by atoms with Crippen molar-refractivity contribution in [1.82, 2.24) is 9.78 Å². The highest BCUT2D eigenvalue weighted by atomic mass is 19.1. The number of rotatable bonds is 3. The molecule has 130 valence electrons. The van der Waals surface area contributed by atoms with E-state index in [1.165, 1.54) is 12.1 Å². The van der Waals surface area contributed by atoms with E-state index in [9.17, 15) is 9.18 Å². The standard InChI is InChI=1S/C20H17FN4O/c1-25-20(13-3-2-4-14(21)7-13)17(10-24-25)12-5-6-15-16(8-12)18(9-22)23-11-19(15)26/h2-8,10H,9,11,22H2,1H3. The van der Waals surface area contributed by atoms with Crippen LogP contribution in [0.25, 0.3) is 22.4 Å². The molecule has 0 saturated heterocycles. The Balaban J connectivity index is 1.88. The Labute approximate surface area is 150 Å². The predicted octanol–water partition coefficient (Wildman–Crippen LogP) is 2.84. The fourth-order valence-corrected chi connectivity index (χ4v) is 3.33. The number of nitrogens with zero attached hydrogens (tertiary/aromatic N) is 3. The van der Waals surface area contributed by atoms with Crippen molar-refractivity contribution in [3.05, 3.63) is 65.6 Å². The number of hydrogen-bond donors (Lipinski definition) is 1. The van der Waals surface area contributed by atoms with Gasteiger partial charge in [-0.3, -0.25) is 14.5 Å². The molecule has 26 heavy (non-hydrogen) atoms. The van der Waals surface area contributed by atoms with Crippen LogP contribution < -0.4 is 5.73 Å². The maximum atomic E-state index is 13.7. The summed E-state index contributed by atoms with van der Waals surface area (Å²) in [4.78, 5) is 16.4. The number of benzene rings is 2. The van der Waals surface area contributed by atoms with Crippen molar-refractivity contribution in [2.75, 3.05) is 13.1 Å². The minimum Gasteiger partial charge on any atom is -0.325 e. The molecule has 6 heteroatoms. The summed E-state index contributed by atoms with van der Waals surface area (Å²) in [5, 5.41) is 4.34. The highest BCUT2D eigenvalue weighted by Crippen LogP contribution is 2.33. The number of carbonyl (C=O) groups excluding carboxylic acids is 1. The van der Waals surface area contributed by atoms with Crippen molar-refractivity contribution in [1.29, 1.82) is 0 Å². The van der Waals surface area contributed by atoms with E-state index < -0.39 is 0 Å². The van der Waals surface area contributed by atoms with E-state index in [-0.39, 0.29) is 24.7 Å². The molecule has 0 bridgehead atoms. The first-order valence-corrected chi connectivity index (χ1v) is 8.28. The maximum Gasteiger partial charge on any atom is 0.184 e. The van der Waals surface area contributed by atoms with Gasteiger partial charge in [-0.15, -0.1) is 0 Å². The normalized spacial score (nSPS) is 13.5. The van der Waals surface area contributed by atoms with Crippen LogP contribution in [0.15, 0.2) is 53.7 Å². The SMILES string of the molecule is Cn1ncc(-c2ccc3c(c2)C(CN)=NCC3=O)c1-c1cccc(F)c1. The lowest BCUT2D eigenvalue weighted by molar-refractivity contribution is 0.1000. The molecule has 3 aromatic rings. The quantitative estimate of drug-likeness (QED) is 0.791. The fourth-order valence-electron chi connectivity index (χ4n) is 3.33. The summed E-state index contributed by atoms with van der Waals surface area (Å²) >= 11 is 0. The lowest BCUT2D eigenvalue weighted by atomic mass is 9.92. The number of carbonyl (C=O) groups is 1. The molecule has 0 saturated carbocycles. The number of halogens is 1. The molecule has 2 heterocycles. The van der Waals surface area contributed by atoms with Crippen LogP contribution in [0.5, 0.6) is 0 Å². The molecule has 0 aliphatic carbocycles. The first-order valence-electron chi connectivity index (χ1n) is 8.28. The molecule has 5 nitrogen and oxygen atoms in total. The van der Waals surface area contributed by atoms with E-state index in [1.54, 1.807) is 23.0 Å². The number of fused-ring (bicyclic) bond motifs is 1. The average Bonchev–Trinajstić information content (AvgIpc) is 3.03. The summed E-state index contributed by atoms with van der Waals surface area (Å²) in [6.45, 7) is 0.411. The molecule has 0 fully saturated rings. The third-order valence-electron chi connectivity index (χ3n) is 4.59. The average molecular weight is 348 g/mol. The van der Waals surface area contributed by atoms with Crippen molar-refractivity contribution < 1.29 is 9.18 Å². The van der Waals surface area contributed by atoms with E-state index in [4.69, 9.17) is 5.73 Å². The molecule has 0 spiro atoms. The van der Waals surface area contributed by atoms with Crippen molar-refractivity contribution in [2.45, 2.75) is 0 Å². The summed E-state index contributed by atoms with van der Waals surface area (Å²) in [6.07, 6.45) is 1.74. The van der Waals surface area contributed by atoms with Crippen molar-refractivity contribution >= 4 is 11.5 Å². The number of Topliss-reactive ketones (excluding diaryl/α,β-unsaturated/α-hetero) is 1. The Bertz CT molecular complexity index is 1050. The van der Waals surface area contributed by atoms with Crippen molar-refractivity contribution in [3.63, 3.8) is 0 Å². The van der Waals surface area contributed by atoms with Crippen molar-refractivity contribution in [2.24, 2.45) is 17.8 Å². The molecule has 4 rings (SSSR count). The molecule has 0 atom stereocenters. The molecular weight excluding hydrogens is 331 g/mol. The molecule has 1 aliphatic heterocycles. The number of aryl methyl sites for hydroxylation is 1. The van der Waals surface area contributed by atoms with Gasteiger partial charge in [-0.05, 0) is 23.8 Å². The van der Waals surface area contributed by atoms with E-state index in [1.807, 2.05) is 25.2 Å². The molecule has 1 aromatic heterocycles. The summed E-state index contributed by atoms with van der Waals surface area (Å²) in [7, 11) is 1.82. The van der Waals surface area contributed by atoms with E-state index >= 15 is 0 Å². The molecule has 2 aromatic carbocycles. The second-order valence-corrected chi connectivity index (χ2v) is 6.19. The van der Waals surface area contributed by atoms with Crippen LogP contribution >= 0.6 is 0 Å². The van der Waals surface area contributed by atoms with Gasteiger partial charge in [0.1, 0.15) is 12.4 Å². The first kappa shape index (κ1) is 16.4. The number of ketones is 1. The Morgan fingerprint density at radius 3 is 2.73 bits per heavy atom. The van der Waals surface area contributed by atoms with Crippen LogP contribution in [-0.4, -0.2) is 34.4 Å². The lowest BCUT2D eigenvalue weighted by Crippen LogP contribution is -2.24. The van der Waals surface area contributed by atoms with Gasteiger partial charge in [0.05, 0.1) is 17.6 Å². The second kappa shape index (κ2) is 6.31. The minimum atomic E-state index is -0.303. The van der Waals surface area contributed by atoms with Gasteiger partial charge in [-0.1, -0.05) is 24.3 Å². The van der Waals surface area contributed by atoms with Crippen LogP contribution in [0.3, 0.4) is 0 Å². The van der Waals surface area contributed by atoms with Gasteiger partial charge >= 0.3 is 0 Å². The van der Waals surface area contributed by atoms with Gasteiger partial charge < -0.3 is 5.73 Å².